The first-order valence-electron chi connectivity index (χ1n) is 16.3. The first-order chi connectivity index (χ1) is 19.1. The second-order valence-corrected chi connectivity index (χ2v) is 11.8. The van der Waals surface area contributed by atoms with Crippen LogP contribution in [0.3, 0.4) is 0 Å². The quantitative estimate of drug-likeness (QED) is 0.0584. The van der Waals surface area contributed by atoms with Crippen LogP contribution >= 0.6 is 0 Å². The Morgan fingerprint density at radius 3 is 1.23 bits per heavy atom. The summed E-state index contributed by atoms with van der Waals surface area (Å²) in [5, 5.41) is 31.0. The average Bonchev–Trinajstić information content (AvgIpc) is 2.92. The van der Waals surface area contributed by atoms with Gasteiger partial charge >= 0.3 is 11.9 Å². The molecule has 0 aliphatic rings. The van der Waals surface area contributed by atoms with Crippen molar-refractivity contribution < 1.29 is 34.2 Å². The van der Waals surface area contributed by atoms with Crippen LogP contribution in [0.2, 0.25) is 0 Å². The molecular formula is C33H61NO6. The molecule has 0 aromatic carbocycles. The van der Waals surface area contributed by atoms with E-state index in [9.17, 15) is 29.7 Å². The number of carbonyl (C=O) groups excluding carboxylic acids is 1. The second kappa shape index (κ2) is 23.8. The summed E-state index contributed by atoms with van der Waals surface area (Å²) in [6.45, 7) is 6.61. The standard InChI is InChI=1S/C33H61NO6/c1-5-6-7-8-9-10-11-12-13-14-15-16-17-18-19-20-21-22-23-24-25-26-27-34(28(2)31(35)36,29(3)32(37)38)30(4)33(39)40/h12-13,28-30H,5-11,14-27H2,1-4H3,(H2-,35,36,37,38,39,40)/b13-12+. The molecule has 7 heteroatoms. The van der Waals surface area contributed by atoms with Crippen LogP contribution in [0, 0.1) is 0 Å². The van der Waals surface area contributed by atoms with Gasteiger partial charge in [0.25, 0.3) is 0 Å². The number of aliphatic carboxylic acids is 3. The molecule has 0 spiro atoms. The molecule has 40 heavy (non-hydrogen) atoms. The summed E-state index contributed by atoms with van der Waals surface area (Å²) in [4.78, 5) is 35.3. The van der Waals surface area contributed by atoms with E-state index in [4.69, 9.17) is 0 Å². The number of allylic oxidation sites excluding steroid dienone is 2. The third-order valence-corrected chi connectivity index (χ3v) is 8.78. The highest BCUT2D eigenvalue weighted by Gasteiger charge is 2.50. The van der Waals surface area contributed by atoms with Crippen molar-refractivity contribution in [1.29, 1.82) is 0 Å². The molecule has 0 bridgehead atoms. The van der Waals surface area contributed by atoms with E-state index in [2.05, 4.69) is 19.1 Å². The Morgan fingerprint density at radius 1 is 0.575 bits per heavy atom. The van der Waals surface area contributed by atoms with Gasteiger partial charge < -0.3 is 20.1 Å². The summed E-state index contributed by atoms with van der Waals surface area (Å²) in [6, 6.07) is -3.56. The van der Waals surface area contributed by atoms with Crippen molar-refractivity contribution in [1.82, 2.24) is 0 Å². The molecule has 0 fully saturated rings. The van der Waals surface area contributed by atoms with E-state index in [1.54, 1.807) is 0 Å². The Hall–Kier alpha value is -1.89. The number of carbonyl (C=O) groups is 3. The largest absolute Gasteiger partial charge is 0.544 e. The van der Waals surface area contributed by atoms with Gasteiger partial charge in [0, 0.05) is 0 Å². The minimum Gasteiger partial charge on any atom is -0.544 e. The number of nitrogens with zero attached hydrogens (tertiary/aromatic N) is 1. The van der Waals surface area contributed by atoms with E-state index in [0.717, 1.165) is 25.7 Å². The summed E-state index contributed by atoms with van der Waals surface area (Å²) in [5.74, 6) is -3.81. The van der Waals surface area contributed by atoms with Gasteiger partial charge in [-0.2, -0.15) is 0 Å². The van der Waals surface area contributed by atoms with Gasteiger partial charge in [-0.05, 0) is 59.3 Å². The number of rotatable bonds is 28. The lowest BCUT2D eigenvalue weighted by molar-refractivity contribution is -0.969. The second-order valence-electron chi connectivity index (χ2n) is 11.8. The van der Waals surface area contributed by atoms with Gasteiger partial charge in [-0.1, -0.05) is 109 Å². The van der Waals surface area contributed by atoms with Gasteiger partial charge in [-0.3, -0.25) is 4.48 Å². The number of unbranched alkanes of at least 4 members (excludes halogenated alkanes) is 18. The number of quaternary nitrogens is 1. The van der Waals surface area contributed by atoms with Crippen LogP contribution in [0.5, 0.6) is 0 Å². The highest BCUT2D eigenvalue weighted by Crippen LogP contribution is 2.27. The van der Waals surface area contributed by atoms with Crippen LogP contribution in [-0.4, -0.2) is 57.3 Å². The van der Waals surface area contributed by atoms with Crippen LogP contribution < -0.4 is 5.11 Å². The molecule has 0 radical (unpaired) electrons. The molecule has 0 heterocycles. The zero-order chi connectivity index (χ0) is 30.2. The lowest BCUT2D eigenvalue weighted by Crippen LogP contribution is -2.72. The zero-order valence-corrected chi connectivity index (χ0v) is 26.2. The van der Waals surface area contributed by atoms with Crippen LogP contribution in [-0.2, 0) is 14.4 Å². The van der Waals surface area contributed by atoms with Crippen molar-refractivity contribution >= 4 is 17.9 Å². The highest BCUT2D eigenvalue weighted by atomic mass is 16.4. The summed E-state index contributed by atoms with van der Waals surface area (Å²) in [6.07, 6.45) is 29.0. The predicted molar refractivity (Wildman–Crippen MR) is 161 cm³/mol. The first kappa shape index (κ1) is 38.1. The van der Waals surface area contributed by atoms with Gasteiger partial charge in [0.15, 0.2) is 12.1 Å². The molecule has 0 amide bonds. The van der Waals surface area contributed by atoms with Crippen molar-refractivity contribution in [2.24, 2.45) is 0 Å². The Labute approximate surface area is 245 Å². The summed E-state index contributed by atoms with van der Waals surface area (Å²) in [7, 11) is 0. The van der Waals surface area contributed by atoms with E-state index in [1.165, 1.54) is 117 Å². The molecule has 0 saturated carbocycles. The molecular weight excluding hydrogens is 506 g/mol. The van der Waals surface area contributed by atoms with Crippen molar-refractivity contribution in [2.45, 2.75) is 174 Å². The molecule has 0 aromatic rings. The van der Waals surface area contributed by atoms with E-state index >= 15 is 0 Å². The lowest BCUT2D eigenvalue weighted by Gasteiger charge is -2.49. The van der Waals surface area contributed by atoms with Crippen LogP contribution in [0.25, 0.3) is 0 Å². The van der Waals surface area contributed by atoms with E-state index in [-0.39, 0.29) is 6.54 Å². The molecule has 7 nitrogen and oxygen atoms in total. The Kier molecular flexibility index (Phi) is 22.7. The predicted octanol–water partition coefficient (Wildman–Crippen LogP) is 7.27. The fourth-order valence-corrected chi connectivity index (χ4v) is 5.89. The molecule has 0 rings (SSSR count). The molecule has 234 valence electrons. The maximum Gasteiger partial charge on any atom is 0.362 e. The monoisotopic (exact) mass is 567 g/mol. The maximum absolute atomic E-state index is 11.8. The number of hydrogen-bond acceptors (Lipinski definition) is 4. The summed E-state index contributed by atoms with van der Waals surface area (Å²) >= 11 is 0. The van der Waals surface area contributed by atoms with Gasteiger partial charge in [0.1, 0.15) is 6.04 Å². The minimum absolute atomic E-state index is 0.186. The van der Waals surface area contributed by atoms with Crippen LogP contribution in [0.15, 0.2) is 12.2 Å². The normalized spacial score (nSPS) is 15.5. The topological polar surface area (TPSA) is 115 Å². The molecule has 0 aliphatic heterocycles. The molecule has 3 unspecified atom stereocenters. The zero-order valence-electron chi connectivity index (χ0n) is 26.2. The van der Waals surface area contributed by atoms with E-state index in [1.807, 2.05) is 0 Å². The fourth-order valence-electron chi connectivity index (χ4n) is 5.89. The molecule has 0 aliphatic carbocycles. The third-order valence-electron chi connectivity index (χ3n) is 8.78. The molecule has 2 N–H and O–H groups in total. The first-order valence-corrected chi connectivity index (χ1v) is 16.3. The van der Waals surface area contributed by atoms with Gasteiger partial charge in [-0.25, -0.2) is 9.59 Å². The van der Waals surface area contributed by atoms with Gasteiger partial charge in [0.2, 0.25) is 0 Å². The maximum atomic E-state index is 11.8. The molecule has 3 atom stereocenters. The van der Waals surface area contributed by atoms with Crippen LogP contribution in [0.4, 0.5) is 0 Å². The molecule has 0 saturated heterocycles. The SMILES string of the molecule is CCCCCCCC/C=C/CCCCCCCCCCCCCC[N+](C(C)C(=O)[O-])(C(C)C(=O)O)C(C)C(=O)O. The lowest BCUT2D eigenvalue weighted by atomic mass is 10.00. The summed E-state index contributed by atoms with van der Waals surface area (Å²) < 4.78 is -0.539. The number of carboxylic acid groups (broad SMARTS) is 3. The third kappa shape index (κ3) is 15.8. The van der Waals surface area contributed by atoms with Crippen LogP contribution in [0.1, 0.15) is 156 Å². The van der Waals surface area contributed by atoms with Crippen molar-refractivity contribution in [2.75, 3.05) is 6.54 Å². The van der Waals surface area contributed by atoms with Crippen molar-refractivity contribution in [3.63, 3.8) is 0 Å². The minimum atomic E-state index is -1.42. The van der Waals surface area contributed by atoms with E-state index < -0.39 is 40.5 Å². The van der Waals surface area contributed by atoms with Crippen molar-refractivity contribution in [3.05, 3.63) is 12.2 Å². The highest BCUT2D eigenvalue weighted by molar-refractivity contribution is 5.76. The summed E-state index contributed by atoms with van der Waals surface area (Å²) in [5.41, 5.74) is 0. The Bertz CT molecular complexity index is 657. The average molecular weight is 568 g/mol. The fraction of sp³-hybridized carbons (Fsp3) is 0.848. The Balaban J connectivity index is 3.99. The van der Waals surface area contributed by atoms with Gasteiger partial charge in [-0.15, -0.1) is 0 Å². The number of hydrogen-bond donors (Lipinski definition) is 2. The van der Waals surface area contributed by atoms with E-state index in [0.29, 0.717) is 6.42 Å². The molecule has 0 aromatic heterocycles. The Morgan fingerprint density at radius 2 is 0.900 bits per heavy atom. The smallest absolute Gasteiger partial charge is 0.362 e. The number of carboxylic acids is 3. The van der Waals surface area contributed by atoms with Gasteiger partial charge in [0.05, 0.1) is 12.5 Å². The van der Waals surface area contributed by atoms with Crippen molar-refractivity contribution in [3.8, 4) is 0 Å².